The van der Waals surface area contributed by atoms with Crippen LogP contribution in [0.1, 0.15) is 43.3 Å². The number of nitrogens with one attached hydrogen (secondary N) is 1. The molecule has 0 atom stereocenters. The standard InChI is InChI=1S/C14H24N2O/c1-4-7-16(3)10-14-8-12(11(2)17-14)9-15-13-5-6-13/h8,13,15H,4-7,9-10H2,1-3H3. The topological polar surface area (TPSA) is 28.4 Å². The average Bonchev–Trinajstić information content (AvgIpc) is 3.02. The molecule has 1 N–H and O–H groups in total. The van der Waals surface area contributed by atoms with E-state index < -0.39 is 0 Å². The van der Waals surface area contributed by atoms with Gasteiger partial charge in [0.15, 0.2) is 0 Å². The minimum absolute atomic E-state index is 0.760. The molecule has 1 aromatic rings. The molecular weight excluding hydrogens is 212 g/mol. The molecule has 0 spiro atoms. The fraction of sp³-hybridized carbons (Fsp3) is 0.714. The van der Waals surface area contributed by atoms with Gasteiger partial charge in [-0.15, -0.1) is 0 Å². The predicted molar refractivity (Wildman–Crippen MR) is 69.9 cm³/mol. The van der Waals surface area contributed by atoms with E-state index in [-0.39, 0.29) is 0 Å². The molecule has 0 unspecified atom stereocenters. The van der Waals surface area contributed by atoms with Crippen LogP contribution >= 0.6 is 0 Å². The average molecular weight is 236 g/mol. The van der Waals surface area contributed by atoms with Gasteiger partial charge in [0.1, 0.15) is 11.5 Å². The fourth-order valence-corrected chi connectivity index (χ4v) is 2.11. The van der Waals surface area contributed by atoms with Crippen molar-refractivity contribution >= 4 is 0 Å². The van der Waals surface area contributed by atoms with E-state index in [0.29, 0.717) is 0 Å². The highest BCUT2D eigenvalue weighted by Crippen LogP contribution is 2.21. The lowest BCUT2D eigenvalue weighted by Crippen LogP contribution is -2.18. The maximum atomic E-state index is 5.80. The third-order valence-corrected chi connectivity index (χ3v) is 3.26. The molecule has 17 heavy (non-hydrogen) atoms. The van der Waals surface area contributed by atoms with Crippen LogP contribution in [0.4, 0.5) is 0 Å². The van der Waals surface area contributed by atoms with Gasteiger partial charge in [0.2, 0.25) is 0 Å². The highest BCUT2D eigenvalue weighted by atomic mass is 16.3. The van der Waals surface area contributed by atoms with Crippen LogP contribution < -0.4 is 5.32 Å². The Morgan fingerprint density at radius 2 is 2.24 bits per heavy atom. The first-order valence-electron chi connectivity index (χ1n) is 6.69. The zero-order valence-electron chi connectivity index (χ0n) is 11.3. The van der Waals surface area contributed by atoms with Crippen LogP contribution in [0.15, 0.2) is 10.5 Å². The van der Waals surface area contributed by atoms with Crippen molar-refractivity contribution < 1.29 is 4.42 Å². The van der Waals surface area contributed by atoms with Crippen LogP contribution in [0.25, 0.3) is 0 Å². The van der Waals surface area contributed by atoms with Crippen molar-refractivity contribution in [3.8, 4) is 0 Å². The number of rotatable bonds is 7. The van der Waals surface area contributed by atoms with Crippen molar-refractivity contribution in [2.75, 3.05) is 13.6 Å². The molecule has 96 valence electrons. The summed E-state index contributed by atoms with van der Waals surface area (Å²) >= 11 is 0. The molecule has 0 radical (unpaired) electrons. The summed E-state index contributed by atoms with van der Waals surface area (Å²) in [6.07, 6.45) is 3.86. The summed E-state index contributed by atoms with van der Waals surface area (Å²) in [4.78, 5) is 2.30. The van der Waals surface area contributed by atoms with E-state index in [1.165, 1.54) is 24.8 Å². The zero-order valence-corrected chi connectivity index (χ0v) is 11.3. The van der Waals surface area contributed by atoms with E-state index in [1.54, 1.807) is 0 Å². The Balaban J connectivity index is 1.87. The van der Waals surface area contributed by atoms with Gasteiger partial charge >= 0.3 is 0 Å². The molecular formula is C14H24N2O. The molecule has 3 heteroatoms. The smallest absolute Gasteiger partial charge is 0.118 e. The van der Waals surface area contributed by atoms with Gasteiger partial charge in [-0.2, -0.15) is 0 Å². The quantitative estimate of drug-likeness (QED) is 0.789. The van der Waals surface area contributed by atoms with E-state index in [1.807, 2.05) is 0 Å². The number of aryl methyl sites for hydroxylation is 1. The zero-order chi connectivity index (χ0) is 12.3. The molecule has 3 nitrogen and oxygen atoms in total. The molecule has 1 aliphatic carbocycles. The van der Waals surface area contributed by atoms with E-state index in [2.05, 4.69) is 37.2 Å². The predicted octanol–water partition coefficient (Wildman–Crippen LogP) is 2.68. The van der Waals surface area contributed by atoms with Crippen molar-refractivity contribution in [2.45, 2.75) is 52.2 Å². The Bertz CT molecular complexity index is 355. The van der Waals surface area contributed by atoms with Gasteiger partial charge in [-0.25, -0.2) is 0 Å². The first-order chi connectivity index (χ1) is 8.19. The highest BCUT2D eigenvalue weighted by Gasteiger charge is 2.21. The van der Waals surface area contributed by atoms with Gasteiger partial charge in [-0.05, 0) is 45.8 Å². The van der Waals surface area contributed by atoms with Gasteiger partial charge < -0.3 is 9.73 Å². The Hall–Kier alpha value is -0.800. The van der Waals surface area contributed by atoms with Gasteiger partial charge in [-0.3, -0.25) is 4.90 Å². The van der Waals surface area contributed by atoms with E-state index in [9.17, 15) is 0 Å². The lowest BCUT2D eigenvalue weighted by molar-refractivity contribution is 0.293. The third-order valence-electron chi connectivity index (χ3n) is 3.26. The van der Waals surface area contributed by atoms with Crippen molar-refractivity contribution in [1.82, 2.24) is 10.2 Å². The van der Waals surface area contributed by atoms with Crippen molar-refractivity contribution in [3.05, 3.63) is 23.2 Å². The highest BCUT2D eigenvalue weighted by molar-refractivity contribution is 5.21. The van der Waals surface area contributed by atoms with Crippen LogP contribution in [-0.4, -0.2) is 24.5 Å². The van der Waals surface area contributed by atoms with Crippen molar-refractivity contribution in [1.29, 1.82) is 0 Å². The van der Waals surface area contributed by atoms with Crippen molar-refractivity contribution in [3.63, 3.8) is 0 Å². The number of hydrogen-bond acceptors (Lipinski definition) is 3. The number of hydrogen-bond donors (Lipinski definition) is 1. The lowest BCUT2D eigenvalue weighted by Gasteiger charge is -2.12. The van der Waals surface area contributed by atoms with Gasteiger partial charge in [0.25, 0.3) is 0 Å². The number of nitrogens with zero attached hydrogens (tertiary/aromatic N) is 1. The molecule has 1 aromatic heterocycles. The molecule has 1 aliphatic rings. The first-order valence-corrected chi connectivity index (χ1v) is 6.69. The summed E-state index contributed by atoms with van der Waals surface area (Å²) in [6, 6.07) is 2.96. The maximum absolute atomic E-state index is 5.80. The van der Waals surface area contributed by atoms with Gasteiger partial charge in [0.05, 0.1) is 6.54 Å². The second-order valence-electron chi connectivity index (χ2n) is 5.19. The Kier molecular flexibility index (Phi) is 4.24. The largest absolute Gasteiger partial charge is 0.465 e. The Morgan fingerprint density at radius 3 is 2.88 bits per heavy atom. The van der Waals surface area contributed by atoms with Crippen LogP contribution in [0, 0.1) is 6.92 Å². The lowest BCUT2D eigenvalue weighted by atomic mass is 10.2. The minimum atomic E-state index is 0.760. The monoisotopic (exact) mass is 236 g/mol. The van der Waals surface area contributed by atoms with Crippen LogP contribution in [-0.2, 0) is 13.1 Å². The molecule has 1 saturated carbocycles. The SMILES string of the molecule is CCCN(C)Cc1cc(CNC2CC2)c(C)o1. The van der Waals surface area contributed by atoms with Crippen LogP contribution in [0.2, 0.25) is 0 Å². The second kappa shape index (κ2) is 5.69. The van der Waals surface area contributed by atoms with Gasteiger partial charge in [0, 0.05) is 18.2 Å². The molecule has 0 aliphatic heterocycles. The Labute approximate surface area is 104 Å². The molecule has 0 saturated heterocycles. The molecule has 1 fully saturated rings. The summed E-state index contributed by atoms with van der Waals surface area (Å²) in [5, 5.41) is 3.53. The molecule has 2 rings (SSSR count). The molecule has 1 heterocycles. The van der Waals surface area contributed by atoms with Crippen LogP contribution in [0.5, 0.6) is 0 Å². The van der Waals surface area contributed by atoms with Crippen molar-refractivity contribution in [2.24, 2.45) is 0 Å². The number of furan rings is 1. The third kappa shape index (κ3) is 3.86. The van der Waals surface area contributed by atoms with Gasteiger partial charge in [-0.1, -0.05) is 6.92 Å². The Morgan fingerprint density at radius 1 is 1.47 bits per heavy atom. The van der Waals surface area contributed by atoms with E-state index in [0.717, 1.165) is 37.2 Å². The normalized spacial score (nSPS) is 15.8. The summed E-state index contributed by atoms with van der Waals surface area (Å²) in [5.74, 6) is 2.16. The molecule has 0 aromatic carbocycles. The van der Waals surface area contributed by atoms with E-state index >= 15 is 0 Å². The van der Waals surface area contributed by atoms with Crippen LogP contribution in [0.3, 0.4) is 0 Å². The summed E-state index contributed by atoms with van der Waals surface area (Å²) < 4.78 is 5.80. The maximum Gasteiger partial charge on any atom is 0.118 e. The molecule has 0 bridgehead atoms. The van der Waals surface area contributed by atoms with E-state index in [4.69, 9.17) is 4.42 Å². The summed E-state index contributed by atoms with van der Waals surface area (Å²) in [5.41, 5.74) is 1.32. The summed E-state index contributed by atoms with van der Waals surface area (Å²) in [6.45, 7) is 7.26. The fourth-order valence-electron chi connectivity index (χ4n) is 2.11. The molecule has 0 amide bonds. The summed E-state index contributed by atoms with van der Waals surface area (Å²) in [7, 11) is 2.14. The minimum Gasteiger partial charge on any atom is -0.465 e. The second-order valence-corrected chi connectivity index (χ2v) is 5.19. The first kappa shape index (κ1) is 12.7.